The molecule has 11 unspecified atom stereocenters. The first-order chi connectivity index (χ1) is 30.9. The molecule has 15 heteroatoms. The normalized spacial score (nSPS) is 48.4. The Bertz CT molecular complexity index is 1850. The highest BCUT2D eigenvalue weighted by Gasteiger charge is 2.60. The number of esters is 1. The van der Waals surface area contributed by atoms with Gasteiger partial charge in [-0.15, -0.1) is 0 Å². The molecule has 15 nitrogen and oxygen atoms in total. The van der Waals surface area contributed by atoms with Crippen LogP contribution in [-0.2, 0) is 57.0 Å². The number of nitrogens with one attached hydrogen (secondary N) is 1. The number of aliphatic hydroxyl groups is 2. The molecule has 0 saturated carbocycles. The van der Waals surface area contributed by atoms with Gasteiger partial charge in [-0.25, -0.2) is 0 Å². The molecule has 0 aromatic heterocycles. The molecule has 7 rings (SSSR count). The predicted octanol–water partition coefficient (Wildman–Crippen LogP) is 5.52. The van der Waals surface area contributed by atoms with Crippen molar-refractivity contribution in [2.24, 2.45) is 23.7 Å². The van der Waals surface area contributed by atoms with Gasteiger partial charge in [-0.05, 0) is 69.8 Å². The van der Waals surface area contributed by atoms with E-state index in [-0.39, 0.29) is 43.0 Å². The average molecular weight is 914 g/mol. The fourth-order valence-electron chi connectivity index (χ4n) is 11.1. The molecule has 4 fully saturated rings. The lowest BCUT2D eigenvalue weighted by Gasteiger charge is -2.49. The number of carbonyl (C=O) groups excluding carboxylic acids is 2. The largest absolute Gasteiger partial charge is 0.462 e. The van der Waals surface area contributed by atoms with Crippen molar-refractivity contribution >= 4 is 12.4 Å². The van der Waals surface area contributed by atoms with E-state index in [4.69, 9.17) is 47.4 Å². The maximum absolute atomic E-state index is 14.4. The summed E-state index contributed by atoms with van der Waals surface area (Å²) >= 11 is 0. The lowest BCUT2D eigenvalue weighted by atomic mass is 9.71. The molecule has 0 aromatic rings. The van der Waals surface area contributed by atoms with E-state index in [0.717, 1.165) is 12.0 Å². The van der Waals surface area contributed by atoms with Crippen LogP contribution in [0, 0.1) is 23.7 Å². The fraction of sp³-hybridized carbons (Fsp3) is 0.760. The zero-order chi connectivity index (χ0) is 47.0. The highest BCUT2D eigenvalue weighted by molar-refractivity contribution is 5.78. The SMILES string of the molecule is CCC(C)C1OC2(C=C[C@@H]1C)CC1CC(C/C=C(\C)[C@@H](O[C@H]3CC(OC)[C@@H](O[C@H]4CC(OC)[C@@](C)(NC=O)C(C)O4)C(C)O3)[C@@H](C)/C=C/C=C3\COC4C(O)C(C)=C[C@@H](C(=O)O1)[C@]34O)O2. The van der Waals surface area contributed by atoms with Crippen LogP contribution >= 0.6 is 0 Å². The second-order valence-electron chi connectivity index (χ2n) is 19.9. The van der Waals surface area contributed by atoms with E-state index < -0.39 is 96.3 Å². The van der Waals surface area contributed by atoms with Gasteiger partial charge in [-0.3, -0.25) is 9.59 Å². The van der Waals surface area contributed by atoms with E-state index in [1.54, 1.807) is 33.3 Å². The Morgan fingerprint density at radius 1 is 0.969 bits per heavy atom. The summed E-state index contributed by atoms with van der Waals surface area (Å²) in [7, 11) is 3.26. The number of rotatable bonds is 10. The summed E-state index contributed by atoms with van der Waals surface area (Å²) < 4.78 is 64.5. The smallest absolute Gasteiger partial charge is 0.316 e. The second-order valence-corrected chi connectivity index (χ2v) is 19.9. The van der Waals surface area contributed by atoms with Crippen LogP contribution in [-0.4, -0.2) is 140 Å². The van der Waals surface area contributed by atoms with Crippen molar-refractivity contribution in [3.05, 3.63) is 59.3 Å². The van der Waals surface area contributed by atoms with Crippen molar-refractivity contribution in [1.82, 2.24) is 5.32 Å². The molecule has 1 aliphatic carbocycles. The number of amides is 1. The van der Waals surface area contributed by atoms with E-state index in [1.807, 2.05) is 45.9 Å². The number of carbonyl (C=O) groups is 2. The van der Waals surface area contributed by atoms with Crippen molar-refractivity contribution < 1.29 is 67.2 Å². The minimum atomic E-state index is -1.84. The molecule has 0 radical (unpaired) electrons. The fourth-order valence-corrected chi connectivity index (χ4v) is 11.1. The Labute approximate surface area is 385 Å². The number of allylic oxidation sites excluding steroid dienone is 2. The van der Waals surface area contributed by atoms with Gasteiger partial charge in [0.15, 0.2) is 18.4 Å². The van der Waals surface area contributed by atoms with Gasteiger partial charge in [0, 0.05) is 51.7 Å². The number of hydrogen-bond acceptors (Lipinski definition) is 14. The maximum Gasteiger partial charge on any atom is 0.316 e. The standard InChI is InChI=1S/C50H75NO14/c1-12-27(2)44-30(5)18-19-49(65-44)24-36-21-35(64-49)17-16-29(4)43(28(3)14-13-15-34-25-58-46-42(53)31(6)20-37(47(54)61-36)50(34,46)55)62-40-22-38(56-10)45(32(7)59-40)63-41-23-39(57-11)48(9,51-26-52)33(8)60-41/h13-16,18-20,26-28,30,32-33,35-46,53,55H,12,17,21-25H2,1-11H3,(H,51,52)/b14-13+,29-16+,34-15+/t27?,28-,30-,32?,33?,35?,36?,37-,38?,39?,40-,41-,42?,43-,44?,45-,46?,48-,49?,50+/m0/s1. The van der Waals surface area contributed by atoms with Crippen LogP contribution in [0.1, 0.15) is 101 Å². The Balaban J connectivity index is 1.17. The van der Waals surface area contributed by atoms with Gasteiger partial charge >= 0.3 is 5.97 Å². The second kappa shape index (κ2) is 20.4. The Morgan fingerprint density at radius 2 is 1.72 bits per heavy atom. The van der Waals surface area contributed by atoms with Crippen LogP contribution in [0.25, 0.3) is 0 Å². The van der Waals surface area contributed by atoms with E-state index in [0.29, 0.717) is 43.2 Å². The van der Waals surface area contributed by atoms with Crippen molar-refractivity contribution in [3.8, 4) is 0 Å². The lowest BCUT2D eigenvalue weighted by molar-refractivity contribution is -0.317. The summed E-state index contributed by atoms with van der Waals surface area (Å²) in [5.41, 5.74) is -0.623. The summed E-state index contributed by atoms with van der Waals surface area (Å²) in [5.74, 6) is -2.60. The summed E-state index contributed by atoms with van der Waals surface area (Å²) in [5, 5.41) is 26.7. The zero-order valence-corrected chi connectivity index (χ0v) is 40.2. The van der Waals surface area contributed by atoms with Crippen molar-refractivity contribution in [1.29, 1.82) is 0 Å². The molecule has 6 heterocycles. The first kappa shape index (κ1) is 50.1. The monoisotopic (exact) mass is 914 g/mol. The van der Waals surface area contributed by atoms with Gasteiger partial charge in [0.2, 0.25) is 6.41 Å². The quantitative estimate of drug-likeness (QED) is 0.142. The molecule has 3 N–H and O–H groups in total. The van der Waals surface area contributed by atoms with Gasteiger partial charge in [0.25, 0.3) is 0 Å². The number of fused-ring (bicyclic) bond motifs is 2. The number of methoxy groups -OCH3 is 2. The highest BCUT2D eigenvalue weighted by Crippen LogP contribution is 2.47. The highest BCUT2D eigenvalue weighted by atomic mass is 16.7. The first-order valence-electron chi connectivity index (χ1n) is 23.8. The Kier molecular flexibility index (Phi) is 15.7. The molecular formula is C50H75NO14. The van der Waals surface area contributed by atoms with Crippen LogP contribution in [0.15, 0.2) is 59.3 Å². The molecule has 4 saturated heterocycles. The summed E-state index contributed by atoms with van der Waals surface area (Å²) in [6.07, 6.45) is 9.95. The van der Waals surface area contributed by atoms with Gasteiger partial charge in [-0.2, -0.15) is 0 Å². The van der Waals surface area contributed by atoms with E-state index in [2.05, 4.69) is 45.2 Å². The number of hydrogen-bond donors (Lipinski definition) is 3. The molecule has 65 heavy (non-hydrogen) atoms. The summed E-state index contributed by atoms with van der Waals surface area (Å²) in [4.78, 5) is 25.9. The maximum atomic E-state index is 14.4. The average Bonchev–Trinajstić information content (AvgIpc) is 3.61. The van der Waals surface area contributed by atoms with Gasteiger partial charge in [0.1, 0.15) is 35.9 Å². The van der Waals surface area contributed by atoms with Crippen LogP contribution in [0.2, 0.25) is 0 Å². The van der Waals surface area contributed by atoms with Gasteiger partial charge in [-0.1, -0.05) is 70.6 Å². The van der Waals surface area contributed by atoms with Crippen LogP contribution < -0.4 is 5.32 Å². The van der Waals surface area contributed by atoms with Crippen LogP contribution in [0.4, 0.5) is 0 Å². The number of aliphatic hydroxyl groups excluding tert-OH is 1. The predicted molar refractivity (Wildman–Crippen MR) is 239 cm³/mol. The molecule has 1 spiro atoms. The molecule has 0 aromatic carbocycles. The third-order valence-electron chi connectivity index (χ3n) is 15.5. The van der Waals surface area contributed by atoms with Gasteiger partial charge < -0.3 is 62.9 Å². The third-order valence-corrected chi connectivity index (χ3v) is 15.5. The minimum absolute atomic E-state index is 0.0261. The number of ether oxygens (including phenoxy) is 10. The van der Waals surface area contributed by atoms with Crippen LogP contribution in [0.5, 0.6) is 0 Å². The summed E-state index contributed by atoms with van der Waals surface area (Å²) in [6.45, 7) is 18.1. The minimum Gasteiger partial charge on any atom is -0.462 e. The molecule has 364 valence electrons. The molecule has 20 atom stereocenters. The Hall–Kier alpha value is -2.80. The lowest BCUT2D eigenvalue weighted by Crippen LogP contribution is -2.65. The molecule has 1 amide bonds. The molecular weight excluding hydrogens is 839 g/mol. The van der Waals surface area contributed by atoms with E-state index in [1.165, 1.54) is 0 Å². The van der Waals surface area contributed by atoms with Crippen molar-refractivity contribution in [3.63, 3.8) is 0 Å². The van der Waals surface area contributed by atoms with E-state index in [9.17, 15) is 19.8 Å². The van der Waals surface area contributed by atoms with Crippen LogP contribution in [0.3, 0.4) is 0 Å². The molecule has 2 bridgehead atoms. The molecule has 6 aliphatic heterocycles. The Morgan fingerprint density at radius 3 is 2.43 bits per heavy atom. The van der Waals surface area contributed by atoms with E-state index >= 15 is 0 Å². The van der Waals surface area contributed by atoms with Crippen molar-refractivity contribution in [2.45, 2.75) is 197 Å². The molecule has 7 aliphatic rings. The third kappa shape index (κ3) is 10.0. The first-order valence-corrected chi connectivity index (χ1v) is 23.8. The summed E-state index contributed by atoms with van der Waals surface area (Å²) in [6, 6.07) is 0. The van der Waals surface area contributed by atoms with Crippen molar-refractivity contribution in [2.75, 3.05) is 20.8 Å². The zero-order valence-electron chi connectivity index (χ0n) is 40.2. The topological polar surface area (TPSA) is 179 Å². The van der Waals surface area contributed by atoms with Gasteiger partial charge in [0.05, 0.1) is 54.9 Å².